The molecule has 0 saturated heterocycles. The van der Waals surface area contributed by atoms with Crippen LogP contribution in [0.5, 0.6) is 0 Å². The van der Waals surface area contributed by atoms with Gasteiger partial charge in [0.15, 0.2) is 0 Å². The first kappa shape index (κ1) is 119. The van der Waals surface area contributed by atoms with Gasteiger partial charge in [0, 0.05) is 98.8 Å². The predicted octanol–water partition coefficient (Wildman–Crippen LogP) is 16.9. The second kappa shape index (κ2) is 73.3. The normalized spacial score (nSPS) is 12.6. The Bertz CT molecular complexity index is 3470. The van der Waals surface area contributed by atoms with Gasteiger partial charge in [0.25, 0.3) is 0 Å². The van der Waals surface area contributed by atoms with Crippen LogP contribution >= 0.6 is 63.4 Å². The first-order chi connectivity index (χ1) is 55.9. The summed E-state index contributed by atoms with van der Waals surface area (Å²) in [4.78, 5) is 0. The maximum absolute atomic E-state index is 8.56. The monoisotopic (exact) mass is 1960 g/mol. The largest absolute Gasteiger partial charge is 0.393 e. The van der Waals surface area contributed by atoms with Gasteiger partial charge in [-0.2, -0.15) is 0 Å². The maximum Gasteiger partial charge on any atom is 0.144 e. The fourth-order valence-corrected chi connectivity index (χ4v) is 36.5. The topological polar surface area (TPSA) is 162 Å². The fraction of sp³-hybridized carbons (Fsp3) is 0.400. The quantitative estimate of drug-likeness (QED) is 0.0185. The molecule has 20 heteroatoms. The standard InChI is InChI=1S/C30H24P2.C26H24P2.C14H24P2.C10H24P2.4C5H12O2.4Co/c1-5-15-25(16-6-1)31(26-17-7-2-8-18-26)29-23-13-14-24-30(29)32(27-19-9-3-10-20-27)28-21-11-4-12-22-28;1-5-13-23(14-6-1)27(24-15-7-2-8-16-24)21-22-28(25-17-9-3-10-18-25)26-19-11-4-12-20-26;1-5-15(6-2)13-11-9-10-12-14(13)16(7-3)8-4;1-5-11(6-2)9-10-12(7-3)8-4;4*1-4(6)3-5(2)7;;;;/h1-24H;1-20H,21-22H2;9-12H,5-8H2,1-4H3;5-10H2,1-4H3;4*4-7H,3H2,1-2H3;;;;/p+8. The average molecular weight is 1970 g/mol. The molecule has 0 fully saturated rings. The van der Waals surface area contributed by atoms with Crippen LogP contribution < -0.4 is 63.7 Å². The summed E-state index contributed by atoms with van der Waals surface area (Å²) < 4.78 is 0. The molecular weight excluding hydrogens is 1810 g/mol. The van der Waals surface area contributed by atoms with Crippen molar-refractivity contribution in [2.75, 3.05) is 73.9 Å². The summed E-state index contributed by atoms with van der Waals surface area (Å²) in [7, 11) is -4.21. The summed E-state index contributed by atoms with van der Waals surface area (Å²) >= 11 is 0. The van der Waals surface area contributed by atoms with Crippen molar-refractivity contribution in [2.45, 2.75) is 185 Å². The molecule has 0 heterocycles. The van der Waals surface area contributed by atoms with E-state index in [2.05, 4.69) is 347 Å². The molecule has 0 aromatic heterocycles. The Hall–Kier alpha value is -2.65. The molecule has 4 radical (unpaired) electrons. The van der Waals surface area contributed by atoms with Crippen molar-refractivity contribution in [3.8, 4) is 0 Å². The maximum atomic E-state index is 8.56. The zero-order chi connectivity index (χ0) is 85.4. The van der Waals surface area contributed by atoms with Gasteiger partial charge in [-0.3, -0.25) is 0 Å². The third-order valence-corrected chi connectivity index (χ3v) is 44.2. The van der Waals surface area contributed by atoms with Crippen LogP contribution in [0.2, 0.25) is 0 Å². The van der Waals surface area contributed by atoms with E-state index in [1.165, 1.54) is 115 Å². The van der Waals surface area contributed by atoms with Gasteiger partial charge >= 0.3 is 0 Å². The van der Waals surface area contributed by atoms with Crippen molar-refractivity contribution in [3.63, 3.8) is 0 Å². The minimum atomic E-state index is -1.14. The second-order valence-corrected chi connectivity index (χ2v) is 53.3. The van der Waals surface area contributed by atoms with E-state index in [-0.39, 0.29) is 148 Å². The fourth-order valence-electron chi connectivity index (χ4n) is 13.9. The summed E-state index contributed by atoms with van der Waals surface area (Å²) in [5.74, 6) is 0. The van der Waals surface area contributed by atoms with Crippen LogP contribution in [0, 0.1) is 0 Å². The van der Waals surface area contributed by atoms with Gasteiger partial charge in [0.1, 0.15) is 70.6 Å². The molecule has 0 amide bonds. The van der Waals surface area contributed by atoms with Crippen LogP contribution in [0.3, 0.4) is 0 Å². The Morgan fingerprint density at radius 2 is 0.342 bits per heavy atom. The zero-order valence-corrected chi connectivity index (χ0v) is 86.7. The SMILES string of the molecule is CC(O)CC(C)O.CC(O)CC(C)O.CC(O)CC(C)O.CC(O)CC(C)O.CC[PH+](CC)CC[PH+](CC)CC.CC[PH+](CC)c1ccccc1[PH+](CC)CC.[Co].[Co].[Co].[Co].c1ccc([PH+](CC[PH+](c2ccccc2)c2ccccc2)c2ccccc2)cc1.c1ccc([PH+](c2ccccc2)c2ccccc2[PH+](c2ccccc2)c2ccccc2)cc1. The average Bonchev–Trinajstić information content (AvgIpc) is 0.776. The van der Waals surface area contributed by atoms with Gasteiger partial charge in [0.2, 0.25) is 0 Å². The van der Waals surface area contributed by atoms with Crippen LogP contribution in [0.4, 0.5) is 0 Å². The van der Waals surface area contributed by atoms with E-state index in [4.69, 9.17) is 40.9 Å². The summed E-state index contributed by atoms with van der Waals surface area (Å²) in [5.41, 5.74) is 0. The van der Waals surface area contributed by atoms with Gasteiger partial charge in [-0.15, -0.1) is 0 Å². The van der Waals surface area contributed by atoms with E-state index in [9.17, 15) is 0 Å². The van der Waals surface area contributed by atoms with Gasteiger partial charge in [0.05, 0.1) is 148 Å². The molecular formula is C100H152Co4O8P8+8. The molecule has 8 nitrogen and oxygen atoms in total. The third-order valence-electron chi connectivity index (χ3n) is 19.8. The Labute approximate surface area is 778 Å². The van der Waals surface area contributed by atoms with Crippen LogP contribution in [0.15, 0.2) is 291 Å². The molecule has 0 saturated carbocycles. The van der Waals surface area contributed by atoms with Crippen LogP contribution in [-0.4, -0.2) is 164 Å². The molecule has 120 heavy (non-hydrogen) atoms. The van der Waals surface area contributed by atoms with Crippen LogP contribution in [0.25, 0.3) is 0 Å². The molecule has 8 atom stereocenters. The van der Waals surface area contributed by atoms with E-state index in [1.54, 1.807) is 78.3 Å². The summed E-state index contributed by atoms with van der Waals surface area (Å²) in [6.45, 7) is 32.2. The zero-order valence-electron chi connectivity index (χ0n) is 74.6. The van der Waals surface area contributed by atoms with Crippen molar-refractivity contribution < 1.29 is 108 Å². The summed E-state index contributed by atoms with van der Waals surface area (Å²) in [6, 6.07) is 107. The molecule has 0 bridgehead atoms. The van der Waals surface area contributed by atoms with E-state index in [0.29, 0.717) is 25.7 Å². The van der Waals surface area contributed by atoms with E-state index >= 15 is 0 Å². The molecule has 8 unspecified atom stereocenters. The van der Waals surface area contributed by atoms with Crippen molar-refractivity contribution in [3.05, 3.63) is 291 Å². The Morgan fingerprint density at radius 1 is 0.192 bits per heavy atom. The second-order valence-electron chi connectivity index (χ2n) is 30.0. The van der Waals surface area contributed by atoms with Crippen molar-refractivity contribution in [2.24, 2.45) is 0 Å². The minimum Gasteiger partial charge on any atom is -0.393 e. The number of aliphatic hydroxyl groups is 8. The van der Waals surface area contributed by atoms with E-state index < -0.39 is 31.7 Å². The Morgan fingerprint density at radius 3 is 0.483 bits per heavy atom. The summed E-state index contributed by atoms with van der Waals surface area (Å²) in [5, 5.41) is 86.8. The van der Waals surface area contributed by atoms with E-state index in [1.807, 2.05) is 0 Å². The molecule has 0 aliphatic carbocycles. The van der Waals surface area contributed by atoms with E-state index in [0.717, 1.165) is 0 Å². The number of hydrogen-bond acceptors (Lipinski definition) is 8. The van der Waals surface area contributed by atoms with Crippen molar-refractivity contribution in [1.29, 1.82) is 0 Å². The Balaban J connectivity index is 0. The molecule has 10 aromatic rings. The Kier molecular flexibility index (Phi) is 72.9. The smallest absolute Gasteiger partial charge is 0.144 e. The number of benzene rings is 10. The van der Waals surface area contributed by atoms with Gasteiger partial charge in [-0.1, -0.05) is 170 Å². The molecule has 0 aliphatic heterocycles. The van der Waals surface area contributed by atoms with Crippen molar-refractivity contribution >= 4 is 127 Å². The first-order valence-corrected chi connectivity index (χ1v) is 57.3. The molecule has 10 aromatic carbocycles. The molecule has 10 rings (SSSR count). The first-order valence-electron chi connectivity index (χ1n) is 42.8. The number of rotatable bonds is 34. The molecule has 8 N–H and O–H groups in total. The van der Waals surface area contributed by atoms with Gasteiger partial charge < -0.3 is 40.9 Å². The minimum absolute atomic E-state index is 0. The summed E-state index contributed by atoms with van der Waals surface area (Å²) in [6.07, 6.45) is 16.1. The predicted molar refractivity (Wildman–Crippen MR) is 542 cm³/mol. The number of hydrogen-bond donors (Lipinski definition) is 8. The van der Waals surface area contributed by atoms with Gasteiger partial charge in [-0.25, -0.2) is 0 Å². The van der Waals surface area contributed by atoms with Gasteiger partial charge in [-0.05, 0) is 258 Å². The number of aliphatic hydroxyl groups excluding tert-OH is 8. The third kappa shape index (κ3) is 50.2. The molecule has 668 valence electrons. The van der Waals surface area contributed by atoms with Crippen LogP contribution in [0.1, 0.15) is 136 Å². The van der Waals surface area contributed by atoms with Crippen LogP contribution in [-0.2, 0) is 67.1 Å². The molecule has 0 aliphatic rings. The molecule has 0 spiro atoms. The van der Waals surface area contributed by atoms with Crippen molar-refractivity contribution in [1.82, 2.24) is 0 Å².